The van der Waals surface area contributed by atoms with Crippen LogP contribution < -0.4 is 11.3 Å². The molecule has 1 aliphatic rings. The number of esters is 3. The molecule has 29 heavy (non-hydrogen) atoms. The number of aromatic amines is 1. The van der Waals surface area contributed by atoms with E-state index in [9.17, 15) is 19.2 Å². The molecule has 4 atom stereocenters. The summed E-state index contributed by atoms with van der Waals surface area (Å²) in [5, 5.41) is 0. The molecule has 3 rings (SSSR count). The van der Waals surface area contributed by atoms with Gasteiger partial charge in [-0.3, -0.25) is 28.7 Å². The van der Waals surface area contributed by atoms with Gasteiger partial charge in [0.05, 0.1) is 6.33 Å². The van der Waals surface area contributed by atoms with E-state index in [1.807, 2.05) is 0 Å². The van der Waals surface area contributed by atoms with Gasteiger partial charge >= 0.3 is 17.9 Å². The lowest BCUT2D eigenvalue weighted by atomic mass is 10.1. The number of nitrogens with one attached hydrogen (secondary N) is 1. The second-order valence-electron chi connectivity index (χ2n) is 6.29. The third-order valence-electron chi connectivity index (χ3n) is 4.07. The average molecular weight is 409 g/mol. The molecule has 1 saturated heterocycles. The topological polar surface area (TPSA) is 178 Å². The molecule has 0 unspecified atom stereocenters. The van der Waals surface area contributed by atoms with Crippen LogP contribution in [0.25, 0.3) is 11.2 Å². The number of aromatic nitrogens is 4. The number of hydrogen-bond donors (Lipinski definition) is 2. The number of H-pyrrole nitrogens is 1. The van der Waals surface area contributed by atoms with E-state index in [1.54, 1.807) is 0 Å². The summed E-state index contributed by atoms with van der Waals surface area (Å²) in [6, 6.07) is 0. The first-order chi connectivity index (χ1) is 13.7. The molecule has 156 valence electrons. The average Bonchev–Trinajstić information content (AvgIpc) is 3.15. The number of carbonyl (C=O) groups excluding carboxylic acids is 3. The standard InChI is InChI=1S/C16H19N5O8/c1-6(22)26-4-9-11(27-7(2)23)12(28-8(3)24)15(29-9)21-5-18-10-13(21)19-16(17)20-14(10)25/h5,9,11-12,15H,4H2,1-3H3,(H3,17,19,20,25)/t9-,11+,12-,15+/m0/s1. The lowest BCUT2D eigenvalue weighted by Crippen LogP contribution is -2.40. The van der Waals surface area contributed by atoms with Crippen molar-refractivity contribution in [1.82, 2.24) is 19.5 Å². The summed E-state index contributed by atoms with van der Waals surface area (Å²) in [6.07, 6.45) is -2.99. The van der Waals surface area contributed by atoms with Crippen LogP contribution in [0, 0.1) is 0 Å². The van der Waals surface area contributed by atoms with Gasteiger partial charge in [-0.25, -0.2) is 4.98 Å². The molecule has 2 aromatic heterocycles. The number of fused-ring (bicyclic) bond motifs is 1. The third-order valence-corrected chi connectivity index (χ3v) is 4.07. The fourth-order valence-corrected chi connectivity index (χ4v) is 3.05. The van der Waals surface area contributed by atoms with Gasteiger partial charge in [-0.1, -0.05) is 0 Å². The minimum atomic E-state index is -1.13. The molecule has 13 heteroatoms. The van der Waals surface area contributed by atoms with E-state index in [0.29, 0.717) is 0 Å². The van der Waals surface area contributed by atoms with Gasteiger partial charge in [-0.2, -0.15) is 4.98 Å². The van der Waals surface area contributed by atoms with E-state index in [-0.39, 0.29) is 23.7 Å². The SMILES string of the molecule is CC(=O)OC[C@@H]1O[C@@H](n2cnc3c(=O)[nH]c(N)nc32)[C@@H](OC(C)=O)[C@@H]1OC(C)=O. The van der Waals surface area contributed by atoms with Crippen LogP contribution in [0.2, 0.25) is 0 Å². The maximum atomic E-state index is 12.0. The van der Waals surface area contributed by atoms with Gasteiger partial charge in [0, 0.05) is 20.8 Å². The van der Waals surface area contributed by atoms with Crippen molar-refractivity contribution in [3.8, 4) is 0 Å². The molecule has 0 aliphatic carbocycles. The number of imidazole rings is 1. The Morgan fingerprint density at radius 3 is 2.45 bits per heavy atom. The molecule has 13 nitrogen and oxygen atoms in total. The van der Waals surface area contributed by atoms with Crippen molar-refractivity contribution in [3.05, 3.63) is 16.7 Å². The Kier molecular flexibility index (Phi) is 5.50. The van der Waals surface area contributed by atoms with E-state index < -0.39 is 48.0 Å². The summed E-state index contributed by atoms with van der Waals surface area (Å²) < 4.78 is 22.8. The van der Waals surface area contributed by atoms with E-state index in [0.717, 1.165) is 0 Å². The fraction of sp³-hybridized carbons (Fsp3) is 0.500. The lowest BCUT2D eigenvalue weighted by molar-refractivity contribution is -0.166. The van der Waals surface area contributed by atoms with Gasteiger partial charge < -0.3 is 24.7 Å². The van der Waals surface area contributed by atoms with Crippen LogP contribution in [0.15, 0.2) is 11.1 Å². The Balaban J connectivity index is 2.05. The molecule has 3 heterocycles. The highest BCUT2D eigenvalue weighted by molar-refractivity contribution is 5.71. The summed E-state index contributed by atoms with van der Waals surface area (Å²) in [4.78, 5) is 56.9. The summed E-state index contributed by atoms with van der Waals surface area (Å²) in [5.74, 6) is -2.04. The van der Waals surface area contributed by atoms with Crippen LogP contribution in [-0.4, -0.2) is 62.3 Å². The van der Waals surface area contributed by atoms with E-state index in [4.69, 9.17) is 24.7 Å². The summed E-state index contributed by atoms with van der Waals surface area (Å²) in [6.45, 7) is 3.30. The first kappa shape index (κ1) is 20.3. The lowest BCUT2D eigenvalue weighted by Gasteiger charge is -2.23. The van der Waals surface area contributed by atoms with E-state index >= 15 is 0 Å². The smallest absolute Gasteiger partial charge is 0.303 e. The Morgan fingerprint density at radius 1 is 1.17 bits per heavy atom. The van der Waals surface area contributed by atoms with Gasteiger partial charge in [0.25, 0.3) is 5.56 Å². The Bertz CT molecular complexity index is 1010. The molecular formula is C16H19N5O8. The van der Waals surface area contributed by atoms with E-state index in [2.05, 4.69) is 15.0 Å². The molecule has 2 aromatic rings. The summed E-state index contributed by atoms with van der Waals surface area (Å²) in [7, 11) is 0. The molecule has 0 saturated carbocycles. The van der Waals surface area contributed by atoms with E-state index in [1.165, 1.54) is 31.7 Å². The zero-order chi connectivity index (χ0) is 21.3. The quantitative estimate of drug-likeness (QED) is 0.458. The van der Waals surface area contributed by atoms with Gasteiger partial charge in [0.2, 0.25) is 5.95 Å². The molecule has 0 amide bonds. The number of hydrogen-bond acceptors (Lipinski definition) is 11. The van der Waals surface area contributed by atoms with Crippen LogP contribution in [-0.2, 0) is 33.3 Å². The Labute approximate surface area is 163 Å². The zero-order valence-corrected chi connectivity index (χ0v) is 15.8. The molecule has 3 N–H and O–H groups in total. The van der Waals surface area contributed by atoms with Crippen LogP contribution in [0.4, 0.5) is 5.95 Å². The molecule has 0 aromatic carbocycles. The van der Waals surface area contributed by atoms with Gasteiger partial charge in [-0.05, 0) is 0 Å². The predicted octanol–water partition coefficient (Wildman–Crippen LogP) is -0.974. The van der Waals surface area contributed by atoms with Crippen molar-refractivity contribution in [2.24, 2.45) is 0 Å². The maximum absolute atomic E-state index is 12.0. The highest BCUT2D eigenvalue weighted by Crippen LogP contribution is 2.35. The predicted molar refractivity (Wildman–Crippen MR) is 94.2 cm³/mol. The van der Waals surface area contributed by atoms with Crippen LogP contribution in [0.1, 0.15) is 27.0 Å². The zero-order valence-electron chi connectivity index (χ0n) is 15.8. The van der Waals surface area contributed by atoms with Crippen molar-refractivity contribution >= 4 is 35.0 Å². The van der Waals surface area contributed by atoms with Gasteiger partial charge in [-0.15, -0.1) is 0 Å². The van der Waals surface area contributed by atoms with Crippen molar-refractivity contribution in [2.75, 3.05) is 12.3 Å². The number of carbonyl (C=O) groups is 3. The number of nitrogen functional groups attached to an aromatic ring is 1. The molecule has 0 bridgehead atoms. The fourth-order valence-electron chi connectivity index (χ4n) is 3.05. The van der Waals surface area contributed by atoms with Crippen molar-refractivity contribution in [2.45, 2.75) is 45.3 Å². The molecule has 0 spiro atoms. The number of nitrogens with two attached hydrogens (primary N) is 1. The Morgan fingerprint density at radius 2 is 1.83 bits per heavy atom. The van der Waals surface area contributed by atoms with Crippen molar-refractivity contribution in [3.63, 3.8) is 0 Å². The molecule has 1 aliphatic heterocycles. The largest absolute Gasteiger partial charge is 0.463 e. The van der Waals surface area contributed by atoms with Crippen molar-refractivity contribution in [1.29, 1.82) is 0 Å². The number of rotatable bonds is 5. The first-order valence-corrected chi connectivity index (χ1v) is 8.53. The van der Waals surface area contributed by atoms with Gasteiger partial charge in [0.15, 0.2) is 29.6 Å². The van der Waals surface area contributed by atoms with Crippen LogP contribution in [0.5, 0.6) is 0 Å². The summed E-state index contributed by atoms with van der Waals surface area (Å²) >= 11 is 0. The molecule has 0 radical (unpaired) electrons. The first-order valence-electron chi connectivity index (χ1n) is 8.53. The second-order valence-corrected chi connectivity index (χ2v) is 6.29. The highest BCUT2D eigenvalue weighted by Gasteiger charge is 2.51. The Hall–Kier alpha value is -3.48. The molecule has 1 fully saturated rings. The van der Waals surface area contributed by atoms with Gasteiger partial charge in [0.1, 0.15) is 12.7 Å². The minimum absolute atomic E-state index is 0.0168. The number of anilines is 1. The van der Waals surface area contributed by atoms with Crippen molar-refractivity contribution < 1.29 is 33.3 Å². The number of nitrogens with zero attached hydrogens (tertiary/aromatic N) is 3. The van der Waals surface area contributed by atoms with Crippen LogP contribution in [0.3, 0.4) is 0 Å². The van der Waals surface area contributed by atoms with Crippen LogP contribution >= 0.6 is 0 Å². The minimum Gasteiger partial charge on any atom is -0.463 e. The normalized spacial score (nSPS) is 23.7. The maximum Gasteiger partial charge on any atom is 0.303 e. The third kappa shape index (κ3) is 4.18. The highest BCUT2D eigenvalue weighted by atomic mass is 16.7. The number of ether oxygens (including phenoxy) is 4. The monoisotopic (exact) mass is 409 g/mol. The summed E-state index contributed by atoms with van der Waals surface area (Å²) in [5.41, 5.74) is 5.09. The second kappa shape index (κ2) is 7.87. The molecular weight excluding hydrogens is 390 g/mol.